The number of carbonyl (C=O) groups is 2. The number of aromatic carboxylic acids is 1. The Morgan fingerprint density at radius 1 is 1.14 bits per heavy atom. The van der Waals surface area contributed by atoms with Gasteiger partial charge in [-0.25, -0.2) is 9.59 Å². The second kappa shape index (κ2) is 8.14. The van der Waals surface area contributed by atoms with Gasteiger partial charge in [0.2, 0.25) is 0 Å². The van der Waals surface area contributed by atoms with Crippen LogP contribution in [0.3, 0.4) is 0 Å². The van der Waals surface area contributed by atoms with E-state index >= 15 is 0 Å². The number of ether oxygens (including phenoxy) is 1. The van der Waals surface area contributed by atoms with Crippen molar-refractivity contribution in [3.05, 3.63) is 65.5 Å². The van der Waals surface area contributed by atoms with Crippen LogP contribution in [0.25, 0.3) is 0 Å². The summed E-state index contributed by atoms with van der Waals surface area (Å²) in [7, 11) is 0. The highest BCUT2D eigenvalue weighted by atomic mass is 35.5. The number of rotatable bonds is 5. The Labute approximate surface area is 134 Å². The first kappa shape index (κ1) is 17.7. The minimum absolute atomic E-state index is 0. The second-order valence-corrected chi connectivity index (χ2v) is 4.44. The molecule has 0 amide bonds. The molecule has 1 N–H and O–H groups in total. The summed E-state index contributed by atoms with van der Waals surface area (Å²) in [6, 6.07) is 12.1. The first-order valence-corrected chi connectivity index (χ1v) is 6.60. The summed E-state index contributed by atoms with van der Waals surface area (Å²) in [4.78, 5) is 23.2. The first-order chi connectivity index (χ1) is 10.1. The SMILES string of the molecule is CCc1ccc[n+](COC(=O)c2ccccc2)c1C(=O)O.[Cl-]. The second-order valence-electron chi connectivity index (χ2n) is 4.44. The third kappa shape index (κ3) is 4.05. The maximum atomic E-state index is 11.9. The van der Waals surface area contributed by atoms with E-state index in [9.17, 15) is 14.7 Å². The van der Waals surface area contributed by atoms with Crippen molar-refractivity contribution >= 4 is 11.9 Å². The number of esters is 1. The van der Waals surface area contributed by atoms with Gasteiger partial charge in [-0.15, -0.1) is 0 Å². The lowest BCUT2D eigenvalue weighted by atomic mass is 10.1. The molecular formula is C16H16ClNO4. The summed E-state index contributed by atoms with van der Waals surface area (Å²) in [5.74, 6) is -1.52. The van der Waals surface area contributed by atoms with Gasteiger partial charge in [-0.2, -0.15) is 4.57 Å². The van der Waals surface area contributed by atoms with Gasteiger partial charge >= 0.3 is 11.9 Å². The van der Waals surface area contributed by atoms with Gasteiger partial charge in [0.25, 0.3) is 12.4 Å². The molecule has 0 unspecified atom stereocenters. The number of nitrogens with zero attached hydrogens (tertiary/aromatic N) is 1. The number of hydrogen-bond donors (Lipinski definition) is 1. The van der Waals surface area contributed by atoms with Crippen LogP contribution in [0.1, 0.15) is 33.3 Å². The number of aromatic nitrogens is 1. The fourth-order valence-electron chi connectivity index (χ4n) is 2.04. The van der Waals surface area contributed by atoms with Crippen LogP contribution in [0.2, 0.25) is 0 Å². The minimum atomic E-state index is -1.04. The number of benzene rings is 1. The minimum Gasteiger partial charge on any atom is -1.00 e. The normalized spacial score (nSPS) is 9.68. The molecule has 1 heterocycles. The number of hydrogen-bond acceptors (Lipinski definition) is 3. The number of pyridine rings is 1. The van der Waals surface area contributed by atoms with Crippen LogP contribution in [0.5, 0.6) is 0 Å². The van der Waals surface area contributed by atoms with E-state index in [0.29, 0.717) is 17.5 Å². The molecule has 0 saturated carbocycles. The van der Waals surface area contributed by atoms with E-state index in [-0.39, 0.29) is 24.8 Å². The zero-order valence-electron chi connectivity index (χ0n) is 12.0. The van der Waals surface area contributed by atoms with Gasteiger partial charge in [0.1, 0.15) is 0 Å². The molecule has 0 aliphatic rings. The summed E-state index contributed by atoms with van der Waals surface area (Å²) in [5.41, 5.74) is 1.27. The lowest BCUT2D eigenvalue weighted by molar-refractivity contribution is -0.729. The predicted octanol–water partition coefficient (Wildman–Crippen LogP) is -0.947. The smallest absolute Gasteiger partial charge is 0.401 e. The standard InChI is InChI=1S/C16H15NO4.ClH/c1-2-12-9-6-10-17(14(12)15(18)19)11-21-16(20)13-7-4-3-5-8-13;/h3-10H,2,11H2,1H3;1H. The van der Waals surface area contributed by atoms with Crippen molar-refractivity contribution in [2.24, 2.45) is 0 Å². The Bertz CT molecular complexity index is 658. The lowest BCUT2D eigenvalue weighted by Gasteiger charge is -2.05. The molecule has 2 rings (SSSR count). The van der Waals surface area contributed by atoms with Crippen molar-refractivity contribution in [3.8, 4) is 0 Å². The Kier molecular flexibility index (Phi) is 6.53. The first-order valence-electron chi connectivity index (χ1n) is 6.60. The molecule has 5 nitrogen and oxygen atoms in total. The van der Waals surface area contributed by atoms with E-state index in [4.69, 9.17) is 4.74 Å². The Morgan fingerprint density at radius 3 is 2.41 bits per heavy atom. The van der Waals surface area contributed by atoms with Crippen molar-refractivity contribution in [3.63, 3.8) is 0 Å². The average molecular weight is 322 g/mol. The molecule has 0 saturated heterocycles. The molecule has 0 fully saturated rings. The fraction of sp³-hybridized carbons (Fsp3) is 0.188. The molecule has 0 bridgehead atoms. The van der Waals surface area contributed by atoms with Crippen LogP contribution < -0.4 is 17.0 Å². The molecule has 0 radical (unpaired) electrons. The topological polar surface area (TPSA) is 67.5 Å². The Balaban J connectivity index is 0.00000242. The van der Waals surface area contributed by atoms with E-state index in [1.165, 1.54) is 4.57 Å². The predicted molar refractivity (Wildman–Crippen MR) is 74.8 cm³/mol. The molecule has 1 aromatic carbocycles. The van der Waals surface area contributed by atoms with E-state index in [2.05, 4.69) is 0 Å². The van der Waals surface area contributed by atoms with Crippen LogP contribution in [-0.2, 0) is 17.9 Å². The summed E-state index contributed by atoms with van der Waals surface area (Å²) >= 11 is 0. The van der Waals surface area contributed by atoms with E-state index in [0.717, 1.165) is 0 Å². The van der Waals surface area contributed by atoms with Crippen molar-refractivity contribution in [1.29, 1.82) is 0 Å². The molecule has 116 valence electrons. The number of carbonyl (C=O) groups excluding carboxylic acids is 1. The van der Waals surface area contributed by atoms with Gasteiger partial charge in [0, 0.05) is 11.6 Å². The van der Waals surface area contributed by atoms with Crippen molar-refractivity contribution in [1.82, 2.24) is 0 Å². The highest BCUT2D eigenvalue weighted by molar-refractivity contribution is 5.89. The third-order valence-corrected chi connectivity index (χ3v) is 3.08. The fourth-order valence-corrected chi connectivity index (χ4v) is 2.04. The number of aryl methyl sites for hydroxylation is 1. The van der Waals surface area contributed by atoms with Gasteiger partial charge in [0.15, 0.2) is 6.20 Å². The summed E-state index contributed by atoms with van der Waals surface area (Å²) < 4.78 is 6.58. The van der Waals surface area contributed by atoms with Crippen LogP contribution >= 0.6 is 0 Å². The van der Waals surface area contributed by atoms with Crippen molar-refractivity contribution in [2.75, 3.05) is 0 Å². The van der Waals surface area contributed by atoms with E-state index in [1.807, 2.05) is 6.92 Å². The van der Waals surface area contributed by atoms with Crippen LogP contribution in [-0.4, -0.2) is 17.0 Å². The van der Waals surface area contributed by atoms with Crippen molar-refractivity contribution < 1.29 is 36.4 Å². The molecule has 0 spiro atoms. The van der Waals surface area contributed by atoms with Crippen LogP contribution in [0.4, 0.5) is 0 Å². The van der Waals surface area contributed by atoms with Gasteiger partial charge in [-0.1, -0.05) is 25.1 Å². The summed E-state index contributed by atoms with van der Waals surface area (Å²) in [5, 5.41) is 9.30. The number of halogens is 1. The number of carboxylic acids is 1. The highest BCUT2D eigenvalue weighted by Crippen LogP contribution is 2.06. The molecule has 0 atom stereocenters. The summed E-state index contributed by atoms with van der Waals surface area (Å²) in [6.45, 7) is 1.74. The molecule has 22 heavy (non-hydrogen) atoms. The summed E-state index contributed by atoms with van der Waals surface area (Å²) in [6.07, 6.45) is 2.18. The van der Waals surface area contributed by atoms with Crippen LogP contribution in [0.15, 0.2) is 48.7 Å². The molecule has 0 aliphatic carbocycles. The largest absolute Gasteiger partial charge is 1.00 e. The van der Waals surface area contributed by atoms with Gasteiger partial charge in [-0.3, -0.25) is 0 Å². The Morgan fingerprint density at radius 2 is 1.82 bits per heavy atom. The average Bonchev–Trinajstić information content (AvgIpc) is 2.52. The zero-order chi connectivity index (χ0) is 15.2. The van der Waals surface area contributed by atoms with Crippen molar-refractivity contribution in [2.45, 2.75) is 20.1 Å². The Hall–Kier alpha value is -2.40. The molecule has 2 aromatic rings. The van der Waals surface area contributed by atoms with E-state index in [1.54, 1.807) is 48.7 Å². The van der Waals surface area contributed by atoms with E-state index < -0.39 is 11.9 Å². The zero-order valence-corrected chi connectivity index (χ0v) is 12.8. The molecule has 1 aromatic heterocycles. The molecule has 0 aliphatic heterocycles. The third-order valence-electron chi connectivity index (χ3n) is 3.08. The lowest BCUT2D eigenvalue weighted by Crippen LogP contribution is -3.00. The van der Waals surface area contributed by atoms with Crippen LogP contribution in [0, 0.1) is 0 Å². The van der Waals surface area contributed by atoms with Gasteiger partial charge < -0.3 is 22.3 Å². The maximum absolute atomic E-state index is 11.9. The quantitative estimate of drug-likeness (QED) is 0.570. The van der Waals surface area contributed by atoms with Gasteiger partial charge in [0.05, 0.1) is 5.56 Å². The van der Waals surface area contributed by atoms with Gasteiger partial charge in [-0.05, 0) is 24.6 Å². The molecular weight excluding hydrogens is 306 g/mol. The number of carboxylic acid groups (broad SMARTS) is 1. The highest BCUT2D eigenvalue weighted by Gasteiger charge is 2.23. The maximum Gasteiger partial charge on any atom is 0.401 e. The molecule has 6 heteroatoms. The monoisotopic (exact) mass is 321 g/mol.